The van der Waals surface area contributed by atoms with Crippen LogP contribution in [-0.4, -0.2) is 18.5 Å². The first kappa shape index (κ1) is 17.5. The molecule has 0 amide bonds. The van der Waals surface area contributed by atoms with E-state index in [1.165, 1.54) is 29.5 Å². The summed E-state index contributed by atoms with van der Waals surface area (Å²) < 4.78 is 5.83. The predicted molar refractivity (Wildman–Crippen MR) is 102 cm³/mol. The van der Waals surface area contributed by atoms with E-state index in [2.05, 4.69) is 58.9 Å². The molecule has 25 heavy (non-hydrogen) atoms. The second-order valence-electron chi connectivity index (χ2n) is 6.41. The van der Waals surface area contributed by atoms with Gasteiger partial charge in [-0.2, -0.15) is 0 Å². The molecule has 0 saturated heterocycles. The zero-order valence-electron chi connectivity index (χ0n) is 14.9. The first-order valence-corrected chi connectivity index (χ1v) is 9.08. The van der Waals surface area contributed by atoms with Gasteiger partial charge in [0.15, 0.2) is 5.96 Å². The van der Waals surface area contributed by atoms with Gasteiger partial charge in [-0.25, -0.2) is 4.99 Å². The Morgan fingerprint density at radius 2 is 1.72 bits per heavy atom. The normalized spacial score (nSPS) is 14.4. The minimum Gasteiger partial charge on any atom is -0.372 e. The molecular weight excluding hydrogens is 310 g/mol. The summed E-state index contributed by atoms with van der Waals surface area (Å²) in [4.78, 5) is 4.69. The Balaban J connectivity index is 1.51. The van der Waals surface area contributed by atoms with E-state index in [1.807, 2.05) is 18.2 Å². The van der Waals surface area contributed by atoms with Gasteiger partial charge in [0.2, 0.25) is 0 Å². The van der Waals surface area contributed by atoms with Gasteiger partial charge < -0.3 is 15.4 Å². The minimum atomic E-state index is 0.607. The molecule has 1 aliphatic carbocycles. The fourth-order valence-corrected chi connectivity index (χ4v) is 2.59. The van der Waals surface area contributed by atoms with Crippen LogP contribution in [0.15, 0.2) is 59.6 Å². The van der Waals surface area contributed by atoms with Crippen molar-refractivity contribution in [1.29, 1.82) is 0 Å². The molecule has 132 valence electrons. The van der Waals surface area contributed by atoms with Gasteiger partial charge in [0.05, 0.1) is 19.8 Å². The molecule has 4 nitrogen and oxygen atoms in total. The van der Waals surface area contributed by atoms with Crippen LogP contribution in [0.5, 0.6) is 0 Å². The number of hydrogen-bond donors (Lipinski definition) is 2. The van der Waals surface area contributed by atoms with Crippen LogP contribution in [0.1, 0.15) is 36.5 Å². The molecule has 0 heterocycles. The van der Waals surface area contributed by atoms with E-state index < -0.39 is 0 Å². The highest BCUT2D eigenvalue weighted by Gasteiger charge is 2.21. The van der Waals surface area contributed by atoms with Crippen LogP contribution >= 0.6 is 0 Å². The summed E-state index contributed by atoms with van der Waals surface area (Å²) in [6.45, 7) is 4.90. The molecule has 0 aliphatic heterocycles. The van der Waals surface area contributed by atoms with Gasteiger partial charge in [-0.3, -0.25) is 0 Å². The highest BCUT2D eigenvalue weighted by Crippen LogP contribution is 2.18. The van der Waals surface area contributed by atoms with Gasteiger partial charge in [0.25, 0.3) is 0 Å². The van der Waals surface area contributed by atoms with E-state index in [9.17, 15) is 0 Å². The van der Waals surface area contributed by atoms with Gasteiger partial charge in [-0.1, -0.05) is 54.6 Å². The molecule has 0 radical (unpaired) electrons. The van der Waals surface area contributed by atoms with Gasteiger partial charge in [-0.15, -0.1) is 0 Å². The number of aliphatic imine (C=N–C) groups is 1. The molecule has 2 aromatic carbocycles. The molecule has 1 saturated carbocycles. The van der Waals surface area contributed by atoms with E-state index in [4.69, 9.17) is 4.74 Å². The van der Waals surface area contributed by atoms with Crippen molar-refractivity contribution >= 4 is 5.96 Å². The van der Waals surface area contributed by atoms with E-state index >= 15 is 0 Å². The molecule has 2 N–H and O–H groups in total. The summed E-state index contributed by atoms with van der Waals surface area (Å²) >= 11 is 0. The lowest BCUT2D eigenvalue weighted by Gasteiger charge is -2.10. The Labute approximate surface area is 150 Å². The fraction of sp³-hybridized carbons (Fsp3) is 0.381. The van der Waals surface area contributed by atoms with E-state index in [0.29, 0.717) is 25.8 Å². The monoisotopic (exact) mass is 337 g/mol. The summed E-state index contributed by atoms with van der Waals surface area (Å²) in [5, 5.41) is 6.75. The van der Waals surface area contributed by atoms with Gasteiger partial charge in [0, 0.05) is 12.6 Å². The van der Waals surface area contributed by atoms with Crippen molar-refractivity contribution in [2.45, 2.75) is 45.6 Å². The average Bonchev–Trinajstić information content (AvgIpc) is 3.45. The Bertz CT molecular complexity index is 681. The molecule has 0 bridgehead atoms. The van der Waals surface area contributed by atoms with Gasteiger partial charge in [0.1, 0.15) is 0 Å². The first-order chi connectivity index (χ1) is 12.3. The number of ether oxygens (including phenoxy) is 1. The largest absolute Gasteiger partial charge is 0.372 e. The van der Waals surface area contributed by atoms with Crippen LogP contribution in [0.4, 0.5) is 0 Å². The number of benzene rings is 2. The molecule has 1 aliphatic rings. The predicted octanol–water partition coefficient (Wildman–Crippen LogP) is 3.62. The zero-order chi connectivity index (χ0) is 17.3. The molecule has 0 atom stereocenters. The number of hydrogen-bond acceptors (Lipinski definition) is 2. The van der Waals surface area contributed by atoms with Crippen LogP contribution in [0.2, 0.25) is 0 Å². The molecule has 4 heteroatoms. The summed E-state index contributed by atoms with van der Waals surface area (Å²) in [6, 6.07) is 19.3. The molecule has 2 aromatic rings. The fourth-order valence-electron chi connectivity index (χ4n) is 2.59. The Hall–Kier alpha value is -2.33. The van der Waals surface area contributed by atoms with Crippen LogP contribution in [0.25, 0.3) is 0 Å². The molecule has 0 spiro atoms. The summed E-state index contributed by atoms with van der Waals surface area (Å²) in [5.74, 6) is 0.913. The summed E-state index contributed by atoms with van der Waals surface area (Å²) in [7, 11) is 0. The highest BCUT2D eigenvalue weighted by atomic mass is 16.5. The van der Waals surface area contributed by atoms with Crippen molar-refractivity contribution in [3.63, 3.8) is 0 Å². The molecule has 0 aromatic heterocycles. The van der Waals surface area contributed by atoms with Crippen molar-refractivity contribution in [3.8, 4) is 0 Å². The molecule has 3 rings (SSSR count). The molecular formula is C21H27N3O. The quantitative estimate of drug-likeness (QED) is 0.571. The van der Waals surface area contributed by atoms with E-state index in [1.54, 1.807) is 0 Å². The maximum atomic E-state index is 5.83. The maximum absolute atomic E-state index is 5.83. The minimum absolute atomic E-state index is 0.607. The third-order valence-electron chi connectivity index (χ3n) is 4.05. The Morgan fingerprint density at radius 3 is 2.48 bits per heavy atom. The lowest BCUT2D eigenvalue weighted by atomic mass is 10.1. The van der Waals surface area contributed by atoms with Gasteiger partial charge in [-0.05, 0) is 36.5 Å². The number of nitrogens with zero attached hydrogens (tertiary/aromatic N) is 1. The lowest BCUT2D eigenvalue weighted by Crippen LogP contribution is -2.38. The summed E-state index contributed by atoms with van der Waals surface area (Å²) in [6.07, 6.45) is 2.50. The lowest BCUT2D eigenvalue weighted by molar-refractivity contribution is 0.107. The highest BCUT2D eigenvalue weighted by molar-refractivity contribution is 5.80. The zero-order valence-corrected chi connectivity index (χ0v) is 14.9. The maximum Gasteiger partial charge on any atom is 0.191 e. The number of rotatable bonds is 8. The summed E-state index contributed by atoms with van der Waals surface area (Å²) in [5.41, 5.74) is 3.59. The van der Waals surface area contributed by atoms with Crippen molar-refractivity contribution in [2.75, 3.05) is 6.54 Å². The Kier molecular flexibility index (Phi) is 6.46. The van der Waals surface area contributed by atoms with Crippen molar-refractivity contribution < 1.29 is 4.74 Å². The third-order valence-corrected chi connectivity index (χ3v) is 4.05. The first-order valence-electron chi connectivity index (χ1n) is 9.08. The second kappa shape index (κ2) is 9.23. The van der Waals surface area contributed by atoms with Crippen LogP contribution in [-0.2, 0) is 24.5 Å². The average molecular weight is 337 g/mol. The number of guanidine groups is 1. The Morgan fingerprint density at radius 1 is 1.00 bits per heavy atom. The standard InChI is InChI=1S/C21H27N3O/c1-2-22-21(24-20-11-12-20)23-14-18-9-6-10-19(13-18)16-25-15-17-7-4-3-5-8-17/h3-10,13,20H,2,11-12,14-16H2,1H3,(H2,22,23,24). The topological polar surface area (TPSA) is 45.7 Å². The van der Waals surface area contributed by atoms with Crippen LogP contribution in [0, 0.1) is 0 Å². The van der Waals surface area contributed by atoms with Crippen LogP contribution < -0.4 is 10.6 Å². The second-order valence-corrected chi connectivity index (χ2v) is 6.41. The molecule has 1 fully saturated rings. The molecule has 0 unspecified atom stereocenters. The van der Waals surface area contributed by atoms with Crippen LogP contribution in [0.3, 0.4) is 0 Å². The van der Waals surface area contributed by atoms with Crippen molar-refractivity contribution in [2.24, 2.45) is 4.99 Å². The van der Waals surface area contributed by atoms with Crippen molar-refractivity contribution in [1.82, 2.24) is 10.6 Å². The van der Waals surface area contributed by atoms with E-state index in [-0.39, 0.29) is 0 Å². The van der Waals surface area contributed by atoms with Gasteiger partial charge >= 0.3 is 0 Å². The smallest absolute Gasteiger partial charge is 0.191 e. The SMILES string of the molecule is CCNC(=NCc1cccc(COCc2ccccc2)c1)NC1CC1. The van der Waals surface area contributed by atoms with Crippen molar-refractivity contribution in [3.05, 3.63) is 71.3 Å². The number of nitrogens with one attached hydrogen (secondary N) is 2. The van der Waals surface area contributed by atoms with E-state index in [0.717, 1.165) is 12.5 Å². The third kappa shape index (κ3) is 6.24.